The van der Waals surface area contributed by atoms with Crippen molar-refractivity contribution in [1.82, 2.24) is 9.55 Å². The lowest BCUT2D eigenvalue weighted by atomic mass is 9.85. The minimum absolute atomic E-state index is 0.0447. The van der Waals surface area contributed by atoms with Gasteiger partial charge >= 0.3 is 23.9 Å². The van der Waals surface area contributed by atoms with Gasteiger partial charge in [-0.15, -0.1) is 0 Å². The van der Waals surface area contributed by atoms with E-state index < -0.39 is 52.8 Å². The zero-order valence-electron chi connectivity index (χ0n) is 27.4. The van der Waals surface area contributed by atoms with Crippen molar-refractivity contribution >= 4 is 50.7 Å². The van der Waals surface area contributed by atoms with E-state index in [4.69, 9.17) is 33.4 Å². The number of alkyl halides is 1. The Hall–Kier alpha value is -4.40. The number of cyclic esters (lactones) is 1. The van der Waals surface area contributed by atoms with Gasteiger partial charge in [0.15, 0.2) is 6.29 Å². The first-order chi connectivity index (χ1) is 23.5. The topological polar surface area (TPSA) is 159 Å². The van der Waals surface area contributed by atoms with Gasteiger partial charge < -0.3 is 33.0 Å². The molecule has 0 radical (unpaired) electrons. The molecule has 14 heteroatoms. The predicted molar refractivity (Wildman–Crippen MR) is 176 cm³/mol. The van der Waals surface area contributed by atoms with Crippen LogP contribution >= 0.6 is 15.9 Å². The number of carbonyl (C=O) groups is 4. The lowest BCUT2D eigenvalue weighted by Gasteiger charge is -2.36. The van der Waals surface area contributed by atoms with Gasteiger partial charge in [-0.1, -0.05) is 48.0 Å². The molecule has 5 heterocycles. The molecule has 1 aromatic carbocycles. The van der Waals surface area contributed by atoms with Crippen molar-refractivity contribution in [3.8, 4) is 11.4 Å². The molecule has 0 amide bonds. The van der Waals surface area contributed by atoms with Crippen LogP contribution in [0.15, 0.2) is 47.3 Å². The smallest absolute Gasteiger partial charge is 0.355 e. The summed E-state index contributed by atoms with van der Waals surface area (Å²) in [5.41, 5.74) is 1.50. The van der Waals surface area contributed by atoms with Gasteiger partial charge in [0, 0.05) is 30.4 Å². The van der Waals surface area contributed by atoms with Gasteiger partial charge in [0.2, 0.25) is 5.60 Å². The third-order valence-corrected chi connectivity index (χ3v) is 9.87. The highest BCUT2D eigenvalue weighted by Crippen LogP contribution is 2.42. The van der Waals surface area contributed by atoms with E-state index in [9.17, 15) is 24.0 Å². The molecule has 0 saturated carbocycles. The summed E-state index contributed by atoms with van der Waals surface area (Å²) in [6.45, 7) is 5.86. The lowest BCUT2D eigenvalue weighted by Crippen LogP contribution is -2.48. The highest BCUT2D eigenvalue weighted by atomic mass is 79.9. The fourth-order valence-corrected chi connectivity index (χ4v) is 6.45. The number of pyridine rings is 2. The first-order valence-corrected chi connectivity index (χ1v) is 16.9. The van der Waals surface area contributed by atoms with Crippen molar-refractivity contribution < 1.29 is 47.6 Å². The lowest BCUT2D eigenvalue weighted by molar-refractivity contribution is -0.200. The number of hydrogen-bond donors (Lipinski definition) is 0. The Morgan fingerprint density at radius 1 is 1.10 bits per heavy atom. The van der Waals surface area contributed by atoms with E-state index in [1.807, 2.05) is 24.3 Å². The average Bonchev–Trinajstić information content (AvgIpc) is 3.45. The Morgan fingerprint density at radius 2 is 1.88 bits per heavy atom. The van der Waals surface area contributed by atoms with E-state index in [2.05, 4.69) is 15.9 Å². The number of para-hydroxylation sites is 1. The third-order valence-electron chi connectivity index (χ3n) is 8.85. The van der Waals surface area contributed by atoms with Crippen LogP contribution in [0, 0.1) is 0 Å². The molecular weight excluding hydrogens is 704 g/mol. The highest BCUT2D eigenvalue weighted by Gasteiger charge is 2.51. The van der Waals surface area contributed by atoms with Gasteiger partial charge in [0.1, 0.15) is 30.2 Å². The molecule has 13 nitrogen and oxygen atoms in total. The van der Waals surface area contributed by atoms with Crippen molar-refractivity contribution in [3.63, 3.8) is 0 Å². The number of carbonyl (C=O) groups excluding carboxylic acids is 4. The molecule has 258 valence electrons. The zero-order chi connectivity index (χ0) is 35.0. The van der Waals surface area contributed by atoms with Crippen molar-refractivity contribution in [2.45, 2.75) is 89.2 Å². The molecule has 3 aliphatic heterocycles. The largest absolute Gasteiger partial charge is 0.463 e. The van der Waals surface area contributed by atoms with Crippen LogP contribution in [-0.2, 0) is 73.0 Å². The molecule has 2 aromatic heterocycles. The molecule has 0 aliphatic carbocycles. The molecular formula is C35H35BrN2O11. The van der Waals surface area contributed by atoms with Gasteiger partial charge in [0.25, 0.3) is 5.56 Å². The zero-order valence-corrected chi connectivity index (χ0v) is 28.9. The summed E-state index contributed by atoms with van der Waals surface area (Å²) >= 11 is 3.30. The van der Waals surface area contributed by atoms with Crippen LogP contribution < -0.4 is 5.56 Å². The molecule has 3 aromatic rings. The van der Waals surface area contributed by atoms with Crippen molar-refractivity contribution in [2.24, 2.45) is 0 Å². The summed E-state index contributed by atoms with van der Waals surface area (Å²) in [5.74, 6) is -2.39. The Labute approximate surface area is 289 Å². The second kappa shape index (κ2) is 13.8. The van der Waals surface area contributed by atoms with Crippen LogP contribution in [0.3, 0.4) is 0 Å². The molecule has 5 atom stereocenters. The normalized spacial score (nSPS) is 22.8. The molecule has 0 bridgehead atoms. The van der Waals surface area contributed by atoms with Crippen LogP contribution in [0.1, 0.15) is 62.8 Å². The van der Waals surface area contributed by atoms with E-state index in [-0.39, 0.29) is 49.5 Å². The SMILES string of the molecule is CCC(Br)C(=O)O[C@]1(CC)C(=O)OCc2c1cc1n(c2=O)Cc2c-1nc1ccccc1c2COC1C=CC(OC(C)=O)C(COC(C)=O)O1. The van der Waals surface area contributed by atoms with Crippen molar-refractivity contribution in [1.29, 1.82) is 0 Å². The Kier molecular flexibility index (Phi) is 9.74. The second-order valence-electron chi connectivity index (χ2n) is 11.9. The summed E-state index contributed by atoms with van der Waals surface area (Å²) in [7, 11) is 0. The van der Waals surface area contributed by atoms with E-state index in [0.717, 1.165) is 16.5 Å². The number of aromatic nitrogens is 2. The first-order valence-electron chi connectivity index (χ1n) is 16.0. The summed E-state index contributed by atoms with van der Waals surface area (Å²) in [6, 6.07) is 9.20. The van der Waals surface area contributed by atoms with Crippen LogP contribution in [0.4, 0.5) is 0 Å². The third kappa shape index (κ3) is 6.40. The summed E-state index contributed by atoms with van der Waals surface area (Å²) < 4.78 is 35.6. The molecule has 0 spiro atoms. The van der Waals surface area contributed by atoms with Crippen LogP contribution in [-0.4, -0.2) is 63.4 Å². The highest BCUT2D eigenvalue weighted by molar-refractivity contribution is 9.10. The molecule has 0 fully saturated rings. The van der Waals surface area contributed by atoms with Gasteiger partial charge in [-0.3, -0.25) is 19.2 Å². The Bertz CT molecular complexity index is 1940. The maximum Gasteiger partial charge on any atom is 0.355 e. The van der Waals surface area contributed by atoms with E-state index >= 15 is 0 Å². The minimum Gasteiger partial charge on any atom is -0.463 e. The van der Waals surface area contributed by atoms with Crippen LogP contribution in [0.2, 0.25) is 0 Å². The maximum atomic E-state index is 14.1. The molecule has 3 aliphatic rings. The number of esters is 4. The summed E-state index contributed by atoms with van der Waals surface area (Å²) in [5, 5.41) is 0.805. The van der Waals surface area contributed by atoms with Gasteiger partial charge in [-0.2, -0.15) is 0 Å². The molecule has 4 unspecified atom stereocenters. The fourth-order valence-electron chi connectivity index (χ4n) is 6.36. The minimum atomic E-state index is -1.80. The monoisotopic (exact) mass is 738 g/mol. The maximum absolute atomic E-state index is 14.1. The number of benzene rings is 1. The number of hydrogen-bond acceptors (Lipinski definition) is 12. The first kappa shape index (κ1) is 34.5. The molecule has 49 heavy (non-hydrogen) atoms. The average molecular weight is 740 g/mol. The van der Waals surface area contributed by atoms with Gasteiger partial charge in [-0.25, -0.2) is 9.78 Å². The van der Waals surface area contributed by atoms with Gasteiger partial charge in [-0.05, 0) is 42.7 Å². The fraction of sp³-hybridized carbons (Fsp3) is 0.429. The van der Waals surface area contributed by atoms with Gasteiger partial charge in [0.05, 0.1) is 35.6 Å². The van der Waals surface area contributed by atoms with Crippen molar-refractivity contribution in [2.75, 3.05) is 6.61 Å². The van der Waals surface area contributed by atoms with E-state index in [0.29, 0.717) is 23.3 Å². The quantitative estimate of drug-likeness (QED) is 0.0995. The number of nitrogens with zero attached hydrogens (tertiary/aromatic N) is 2. The summed E-state index contributed by atoms with van der Waals surface area (Å²) in [6.07, 6.45) is 1.29. The van der Waals surface area contributed by atoms with Crippen LogP contribution in [0.5, 0.6) is 0 Å². The number of halogens is 1. The Morgan fingerprint density at radius 3 is 2.59 bits per heavy atom. The number of ether oxygens (including phenoxy) is 6. The Balaban J connectivity index is 1.38. The molecule has 0 N–H and O–H groups in total. The van der Waals surface area contributed by atoms with E-state index in [1.54, 1.807) is 36.6 Å². The summed E-state index contributed by atoms with van der Waals surface area (Å²) in [4.78, 5) is 67.8. The van der Waals surface area contributed by atoms with Crippen molar-refractivity contribution in [3.05, 3.63) is 75.1 Å². The van der Waals surface area contributed by atoms with Crippen LogP contribution in [0.25, 0.3) is 22.3 Å². The molecule has 0 saturated heterocycles. The number of fused-ring (bicyclic) bond motifs is 5. The second-order valence-corrected chi connectivity index (χ2v) is 13.0. The standard InChI is InChI=1S/C35H35BrN2O11/c1-5-25(36)33(42)49-35(6-2)24-13-27-31-21(14-38(27)32(41)23(24)16-46-34(35)43)22(20-9-7-8-10-26(20)37-31)15-45-30-12-11-28(47-19(4)40)29(48-30)17-44-18(3)39/h7-13,25,28-30H,5-6,14-17H2,1-4H3/t25?,28?,29?,30?,35-/m0/s1. The van der Waals surface area contributed by atoms with E-state index in [1.165, 1.54) is 13.8 Å². The number of rotatable bonds is 10. The predicted octanol–water partition coefficient (Wildman–Crippen LogP) is 4.10. The molecule has 6 rings (SSSR count).